The Bertz CT molecular complexity index is 1200. The lowest BCUT2D eigenvalue weighted by Crippen LogP contribution is -2.63. The predicted octanol–water partition coefficient (Wildman–Crippen LogP) is 3.14. The molecule has 2 unspecified atom stereocenters. The van der Waals surface area contributed by atoms with Crippen LogP contribution in [0.3, 0.4) is 0 Å². The Hall–Kier alpha value is -3.55. The van der Waals surface area contributed by atoms with Gasteiger partial charge in [-0.2, -0.15) is 0 Å². The lowest BCUT2D eigenvalue weighted by atomic mass is 10.0. The van der Waals surface area contributed by atoms with Gasteiger partial charge in [0, 0.05) is 13.0 Å². The summed E-state index contributed by atoms with van der Waals surface area (Å²) in [4.78, 5) is 36.4. The maximum absolute atomic E-state index is 13.6. The molecule has 33 heavy (non-hydrogen) atoms. The van der Waals surface area contributed by atoms with Crippen LogP contribution in [0.4, 0.5) is 14.9 Å². The smallest absolute Gasteiger partial charge is 0.270 e. The van der Waals surface area contributed by atoms with Crippen molar-refractivity contribution in [1.82, 2.24) is 9.80 Å². The number of hydrogen-bond acceptors (Lipinski definition) is 4. The quantitative estimate of drug-likeness (QED) is 0.678. The highest BCUT2D eigenvalue weighted by Gasteiger charge is 2.55. The summed E-state index contributed by atoms with van der Waals surface area (Å²) in [6.07, 6.45) is 0. The minimum Gasteiger partial charge on any atom is -0.270 e. The van der Waals surface area contributed by atoms with Crippen LogP contribution in [-0.2, 0) is 11.3 Å². The Kier molecular flexibility index (Phi) is 5.03. The van der Waals surface area contributed by atoms with Gasteiger partial charge < -0.3 is 0 Å². The number of amides is 3. The Morgan fingerprint density at radius 3 is 2.42 bits per heavy atom. The molecule has 0 bridgehead atoms. The van der Waals surface area contributed by atoms with Crippen LogP contribution in [0.25, 0.3) is 0 Å². The third-order valence-corrected chi connectivity index (χ3v) is 6.41. The second-order valence-corrected chi connectivity index (χ2v) is 9.28. The van der Waals surface area contributed by atoms with Crippen LogP contribution in [0.2, 0.25) is 0 Å². The molecule has 7 nitrogen and oxygen atoms in total. The molecule has 3 aliphatic rings. The first-order chi connectivity index (χ1) is 15.7. The number of anilines is 1. The molecule has 2 atom stereocenters. The number of carbonyl (C=O) groups excluding carboxylic acids is 2. The number of imide groups is 1. The molecule has 0 aliphatic carbocycles. The van der Waals surface area contributed by atoms with Gasteiger partial charge in [0.15, 0.2) is 0 Å². The summed E-state index contributed by atoms with van der Waals surface area (Å²) >= 11 is 0. The fourth-order valence-corrected chi connectivity index (χ4v) is 4.94. The highest BCUT2D eigenvalue weighted by atomic mass is 19.1. The normalized spacial score (nSPS) is 22.6. The van der Waals surface area contributed by atoms with E-state index >= 15 is 0 Å². The number of rotatable bonds is 3. The molecule has 5 rings (SSSR count). The number of hydrogen-bond donors (Lipinski definition) is 0. The summed E-state index contributed by atoms with van der Waals surface area (Å²) in [5, 5.41) is 0. The maximum atomic E-state index is 13.6. The average Bonchev–Trinajstić information content (AvgIpc) is 3.15. The van der Waals surface area contributed by atoms with Crippen molar-refractivity contribution in [3.8, 4) is 0 Å². The summed E-state index contributed by atoms with van der Waals surface area (Å²) in [6.45, 7) is 7.83. The molecule has 1 fully saturated rings. The summed E-state index contributed by atoms with van der Waals surface area (Å²) < 4.78 is 15.3. The molecular weight excluding hydrogens is 421 g/mol. The Labute approximate surface area is 192 Å². The van der Waals surface area contributed by atoms with E-state index in [1.807, 2.05) is 4.58 Å². The second kappa shape index (κ2) is 7.79. The third-order valence-electron chi connectivity index (χ3n) is 6.41. The average molecular weight is 449 g/mol. The van der Waals surface area contributed by atoms with E-state index in [1.165, 1.54) is 21.9 Å². The number of carbonyl (C=O) groups is 2. The molecule has 0 aromatic heterocycles. The van der Waals surface area contributed by atoms with E-state index in [-0.39, 0.29) is 18.3 Å². The molecule has 2 aromatic rings. The predicted molar refractivity (Wildman–Crippen MR) is 124 cm³/mol. The minimum atomic E-state index is -0.653. The summed E-state index contributed by atoms with van der Waals surface area (Å²) in [5.74, 6) is 0.801. The maximum Gasteiger partial charge on any atom is 0.397 e. The first-order valence-electron chi connectivity index (χ1n) is 11.1. The number of halogens is 1. The molecule has 0 radical (unpaired) electrons. The molecule has 0 N–H and O–H groups in total. The van der Waals surface area contributed by atoms with E-state index in [0.717, 1.165) is 23.4 Å². The van der Waals surface area contributed by atoms with Crippen LogP contribution in [0.1, 0.15) is 23.6 Å². The van der Waals surface area contributed by atoms with E-state index in [9.17, 15) is 14.0 Å². The van der Waals surface area contributed by atoms with Gasteiger partial charge in [0.2, 0.25) is 11.9 Å². The first kappa shape index (κ1) is 21.3. The van der Waals surface area contributed by atoms with E-state index < -0.39 is 12.1 Å². The van der Waals surface area contributed by atoms with Gasteiger partial charge in [0.1, 0.15) is 11.5 Å². The minimum absolute atomic E-state index is 0.0889. The van der Waals surface area contributed by atoms with Gasteiger partial charge in [0.05, 0.1) is 19.6 Å². The highest BCUT2D eigenvalue weighted by molar-refractivity contribution is 6.24. The molecule has 8 heteroatoms. The Balaban J connectivity index is 1.53. The van der Waals surface area contributed by atoms with Crippen LogP contribution in [-0.4, -0.2) is 64.3 Å². The molecule has 3 amide bonds. The molecule has 2 aromatic carbocycles. The van der Waals surface area contributed by atoms with Crippen LogP contribution < -0.4 is 4.90 Å². The largest absolute Gasteiger partial charge is 0.397 e. The fourth-order valence-electron chi connectivity index (χ4n) is 4.94. The molecule has 3 aliphatic heterocycles. The van der Waals surface area contributed by atoms with Crippen molar-refractivity contribution in [3.05, 3.63) is 65.0 Å². The summed E-state index contributed by atoms with van der Waals surface area (Å²) in [5.41, 5.74) is 4.05. The van der Waals surface area contributed by atoms with Crippen molar-refractivity contribution in [2.24, 2.45) is 10.9 Å². The lowest BCUT2D eigenvalue weighted by Gasteiger charge is -2.35. The number of benzene rings is 2. The molecule has 0 saturated carbocycles. The first-order valence-corrected chi connectivity index (χ1v) is 11.1. The Morgan fingerprint density at radius 1 is 1.09 bits per heavy atom. The zero-order chi connectivity index (χ0) is 23.4. The monoisotopic (exact) mass is 448 g/mol. The molecular formula is C25H27FN5O2+. The third kappa shape index (κ3) is 3.59. The highest BCUT2D eigenvalue weighted by Crippen LogP contribution is 2.29. The standard InChI is InChI=1S/C25H27FN5O2/c1-15-9-16(2)11-20(10-15)29-12-17(3)13-30-21-22(27-24(29)30)28(4)25(33)31(23(21)32)14-18-5-7-19(26)8-6-18/h5-11,17,21H,12-14H2,1-4H3/q+1. The van der Waals surface area contributed by atoms with E-state index in [4.69, 9.17) is 4.99 Å². The van der Waals surface area contributed by atoms with E-state index in [1.54, 1.807) is 19.2 Å². The number of aryl methyl sites for hydroxylation is 2. The van der Waals surface area contributed by atoms with Crippen molar-refractivity contribution in [3.63, 3.8) is 0 Å². The van der Waals surface area contributed by atoms with Gasteiger partial charge in [-0.3, -0.25) is 14.6 Å². The summed E-state index contributed by atoms with van der Waals surface area (Å²) in [6, 6.07) is 11.1. The van der Waals surface area contributed by atoms with Gasteiger partial charge in [-0.15, -0.1) is 0 Å². The van der Waals surface area contributed by atoms with Crippen molar-refractivity contribution in [2.45, 2.75) is 33.4 Å². The number of amidine groups is 1. The number of fused-ring (bicyclic) bond motifs is 2. The van der Waals surface area contributed by atoms with Gasteiger partial charge in [-0.05, 0) is 54.8 Å². The van der Waals surface area contributed by atoms with Crippen LogP contribution in [0.5, 0.6) is 0 Å². The number of guanidine groups is 1. The topological polar surface area (TPSA) is 59.2 Å². The second-order valence-electron chi connectivity index (χ2n) is 9.28. The van der Waals surface area contributed by atoms with Crippen LogP contribution in [0, 0.1) is 25.6 Å². The summed E-state index contributed by atoms with van der Waals surface area (Å²) in [7, 11) is 1.65. The van der Waals surface area contributed by atoms with Gasteiger partial charge in [0.25, 0.3) is 5.91 Å². The number of urea groups is 1. The van der Waals surface area contributed by atoms with Crippen molar-refractivity contribution >= 4 is 29.4 Å². The van der Waals surface area contributed by atoms with Gasteiger partial charge in [-0.1, -0.05) is 30.1 Å². The lowest BCUT2D eigenvalue weighted by molar-refractivity contribution is -0.545. The van der Waals surface area contributed by atoms with Crippen LogP contribution in [0.15, 0.2) is 47.5 Å². The number of likely N-dealkylation sites (N-methyl/N-ethyl adjacent to an activating group) is 1. The molecule has 0 spiro atoms. The fraction of sp³-hybridized carbons (Fsp3) is 0.360. The Morgan fingerprint density at radius 2 is 1.76 bits per heavy atom. The van der Waals surface area contributed by atoms with Gasteiger partial charge >= 0.3 is 12.0 Å². The zero-order valence-corrected chi connectivity index (χ0v) is 19.2. The van der Waals surface area contributed by atoms with Gasteiger partial charge in [-0.25, -0.2) is 18.7 Å². The van der Waals surface area contributed by atoms with Crippen molar-refractivity contribution in [1.29, 1.82) is 0 Å². The van der Waals surface area contributed by atoms with Crippen molar-refractivity contribution < 1.29 is 18.6 Å². The molecule has 3 heterocycles. The van der Waals surface area contributed by atoms with Crippen molar-refractivity contribution in [2.75, 3.05) is 25.0 Å². The molecule has 170 valence electrons. The SMILES string of the molecule is Cc1cc(C)cc(N2CC(C)C[N+]3=C2N=C2C3C(=O)N(Cc3ccc(F)cc3)C(=O)N2C)c1. The molecule has 1 saturated heterocycles. The zero-order valence-electron chi connectivity index (χ0n) is 19.2. The number of aliphatic imine (C=N–C) groups is 1. The van der Waals surface area contributed by atoms with Crippen LogP contribution >= 0.6 is 0 Å². The van der Waals surface area contributed by atoms with E-state index in [2.05, 4.69) is 43.9 Å². The van der Waals surface area contributed by atoms with E-state index in [0.29, 0.717) is 29.8 Å². The number of nitrogens with zero attached hydrogens (tertiary/aromatic N) is 5.